The number of carbonyl (C=O) groups is 2. The lowest BCUT2D eigenvalue weighted by Gasteiger charge is -2.36. The normalized spacial score (nSPS) is 24.7. The Kier molecular flexibility index (Phi) is 5.08. The van der Waals surface area contributed by atoms with Crippen molar-refractivity contribution in [3.05, 3.63) is 35.4 Å². The van der Waals surface area contributed by atoms with E-state index in [1.807, 2.05) is 4.90 Å². The average molecular weight is 370 g/mol. The Balaban J connectivity index is 1.34. The molecule has 27 heavy (non-hydrogen) atoms. The smallest absolute Gasteiger partial charge is 0.319 e. The van der Waals surface area contributed by atoms with E-state index in [0.717, 1.165) is 45.6 Å². The van der Waals surface area contributed by atoms with Crippen LogP contribution in [0.1, 0.15) is 30.4 Å². The Morgan fingerprint density at radius 2 is 1.74 bits per heavy atom. The quantitative estimate of drug-likeness (QED) is 0.818. The van der Waals surface area contributed by atoms with Crippen molar-refractivity contribution in [1.82, 2.24) is 19.6 Å². The molecule has 2 bridgehead atoms. The van der Waals surface area contributed by atoms with E-state index in [2.05, 4.69) is 34.1 Å². The molecule has 1 aromatic rings. The van der Waals surface area contributed by atoms with Gasteiger partial charge in [0.05, 0.1) is 0 Å². The molecule has 0 saturated carbocycles. The highest BCUT2D eigenvalue weighted by atomic mass is 16.2. The fourth-order valence-electron chi connectivity index (χ4n) is 4.79. The lowest BCUT2D eigenvalue weighted by Crippen LogP contribution is -2.49. The fraction of sp³-hybridized carbons (Fsp3) is 0.619. The Morgan fingerprint density at radius 3 is 2.41 bits per heavy atom. The summed E-state index contributed by atoms with van der Waals surface area (Å²) in [6, 6.07) is 8.78. The molecule has 0 radical (unpaired) electrons. The molecule has 2 atom stereocenters. The van der Waals surface area contributed by atoms with Crippen molar-refractivity contribution in [3.8, 4) is 0 Å². The SMILES string of the molecule is CN(C)C(=O)N1C[C@H]2CC[C@@H](C1)N(C(=O)CCN1Cc3ccccc3C1)C2. The molecule has 4 aliphatic rings. The van der Waals surface area contributed by atoms with E-state index in [1.54, 1.807) is 19.0 Å². The predicted octanol–water partition coefficient (Wildman–Crippen LogP) is 2.00. The van der Waals surface area contributed by atoms with Crippen molar-refractivity contribution in [2.75, 3.05) is 40.3 Å². The second kappa shape index (κ2) is 7.50. The van der Waals surface area contributed by atoms with Crippen molar-refractivity contribution in [3.63, 3.8) is 0 Å². The molecule has 4 heterocycles. The molecular weight excluding hydrogens is 340 g/mol. The molecule has 146 valence electrons. The van der Waals surface area contributed by atoms with Gasteiger partial charge >= 0.3 is 6.03 Å². The van der Waals surface area contributed by atoms with E-state index in [0.29, 0.717) is 18.9 Å². The minimum atomic E-state index is 0.0658. The summed E-state index contributed by atoms with van der Waals surface area (Å²) < 4.78 is 0. The molecule has 4 aliphatic heterocycles. The first-order valence-corrected chi connectivity index (χ1v) is 10.1. The highest BCUT2D eigenvalue weighted by molar-refractivity contribution is 5.78. The van der Waals surface area contributed by atoms with Crippen LogP contribution in [0.3, 0.4) is 0 Å². The number of hydrogen-bond acceptors (Lipinski definition) is 3. The molecule has 3 amide bonds. The number of benzene rings is 1. The molecule has 0 N–H and O–H groups in total. The predicted molar refractivity (Wildman–Crippen MR) is 104 cm³/mol. The summed E-state index contributed by atoms with van der Waals surface area (Å²) >= 11 is 0. The second-order valence-electron chi connectivity index (χ2n) is 8.45. The molecule has 6 nitrogen and oxygen atoms in total. The van der Waals surface area contributed by atoms with Gasteiger partial charge in [0.1, 0.15) is 0 Å². The molecule has 1 aromatic carbocycles. The number of fused-ring (bicyclic) bond motifs is 5. The highest BCUT2D eigenvalue weighted by Gasteiger charge is 2.38. The van der Waals surface area contributed by atoms with Crippen LogP contribution in [0.2, 0.25) is 0 Å². The number of nitrogens with zero attached hydrogens (tertiary/aromatic N) is 4. The van der Waals surface area contributed by atoms with Crippen LogP contribution in [-0.4, -0.2) is 77.9 Å². The summed E-state index contributed by atoms with van der Waals surface area (Å²) in [5, 5.41) is 0. The van der Waals surface area contributed by atoms with Crippen LogP contribution in [0.5, 0.6) is 0 Å². The monoisotopic (exact) mass is 370 g/mol. The van der Waals surface area contributed by atoms with Gasteiger partial charge in [0, 0.05) is 65.8 Å². The van der Waals surface area contributed by atoms with Crippen LogP contribution in [-0.2, 0) is 17.9 Å². The first kappa shape index (κ1) is 18.3. The van der Waals surface area contributed by atoms with Gasteiger partial charge in [-0.15, -0.1) is 0 Å². The van der Waals surface area contributed by atoms with Crippen molar-refractivity contribution in [1.29, 1.82) is 0 Å². The van der Waals surface area contributed by atoms with Crippen LogP contribution in [0.15, 0.2) is 24.3 Å². The summed E-state index contributed by atoms with van der Waals surface area (Å²) in [6.07, 6.45) is 2.70. The maximum Gasteiger partial charge on any atom is 0.319 e. The van der Waals surface area contributed by atoms with Gasteiger partial charge in [-0.1, -0.05) is 24.3 Å². The topological polar surface area (TPSA) is 47.1 Å². The number of piperidine rings is 1. The lowest BCUT2D eigenvalue weighted by molar-refractivity contribution is -0.135. The molecule has 3 saturated heterocycles. The second-order valence-corrected chi connectivity index (χ2v) is 8.45. The Bertz CT molecular complexity index is 695. The van der Waals surface area contributed by atoms with Crippen LogP contribution >= 0.6 is 0 Å². The van der Waals surface area contributed by atoms with Gasteiger partial charge in [-0.05, 0) is 29.9 Å². The summed E-state index contributed by atoms with van der Waals surface area (Å²) in [5.74, 6) is 0.660. The van der Waals surface area contributed by atoms with Gasteiger partial charge < -0.3 is 14.7 Å². The molecule has 0 aliphatic carbocycles. The van der Waals surface area contributed by atoms with Crippen LogP contribution < -0.4 is 0 Å². The molecule has 0 aromatic heterocycles. The number of amides is 3. The Labute approximate surface area is 161 Å². The molecule has 0 unspecified atom stereocenters. The maximum atomic E-state index is 13.0. The summed E-state index contributed by atoms with van der Waals surface area (Å²) in [5.41, 5.74) is 2.77. The largest absolute Gasteiger partial charge is 0.338 e. The van der Waals surface area contributed by atoms with Gasteiger partial charge in [-0.25, -0.2) is 4.79 Å². The zero-order valence-electron chi connectivity index (χ0n) is 16.4. The van der Waals surface area contributed by atoms with E-state index in [4.69, 9.17) is 0 Å². The lowest BCUT2D eigenvalue weighted by atomic mass is 9.94. The summed E-state index contributed by atoms with van der Waals surface area (Å²) in [7, 11) is 3.60. The van der Waals surface area contributed by atoms with Crippen molar-refractivity contribution in [2.24, 2.45) is 5.92 Å². The third-order valence-corrected chi connectivity index (χ3v) is 6.24. The molecule has 3 fully saturated rings. The van der Waals surface area contributed by atoms with Gasteiger partial charge in [-0.3, -0.25) is 9.69 Å². The van der Waals surface area contributed by atoms with Crippen LogP contribution in [0.25, 0.3) is 0 Å². The van der Waals surface area contributed by atoms with E-state index >= 15 is 0 Å². The van der Waals surface area contributed by atoms with Gasteiger partial charge in [0.15, 0.2) is 0 Å². The zero-order chi connectivity index (χ0) is 19.0. The third-order valence-electron chi connectivity index (χ3n) is 6.24. The number of hydrogen-bond donors (Lipinski definition) is 0. The Hall–Kier alpha value is -2.08. The maximum absolute atomic E-state index is 13.0. The van der Waals surface area contributed by atoms with Crippen molar-refractivity contribution in [2.45, 2.75) is 38.4 Å². The fourth-order valence-corrected chi connectivity index (χ4v) is 4.79. The highest BCUT2D eigenvalue weighted by Crippen LogP contribution is 2.29. The molecule has 5 rings (SSSR count). The first-order valence-electron chi connectivity index (χ1n) is 10.1. The summed E-state index contributed by atoms with van der Waals surface area (Å²) in [4.78, 5) is 33.4. The summed E-state index contributed by atoms with van der Waals surface area (Å²) in [6.45, 7) is 4.96. The van der Waals surface area contributed by atoms with Crippen LogP contribution in [0, 0.1) is 5.92 Å². The van der Waals surface area contributed by atoms with E-state index in [9.17, 15) is 9.59 Å². The van der Waals surface area contributed by atoms with Crippen molar-refractivity contribution < 1.29 is 9.59 Å². The number of carbonyl (C=O) groups excluding carboxylic acids is 2. The Morgan fingerprint density at radius 1 is 1.04 bits per heavy atom. The molecule has 0 spiro atoms. The first-order chi connectivity index (χ1) is 13.0. The van der Waals surface area contributed by atoms with Crippen molar-refractivity contribution >= 4 is 11.9 Å². The van der Waals surface area contributed by atoms with Gasteiger partial charge in [0.25, 0.3) is 0 Å². The average Bonchev–Trinajstić information content (AvgIpc) is 2.85. The van der Waals surface area contributed by atoms with E-state index in [1.165, 1.54) is 11.1 Å². The third kappa shape index (κ3) is 3.81. The van der Waals surface area contributed by atoms with Gasteiger partial charge in [-0.2, -0.15) is 0 Å². The standard InChI is InChI=1S/C21H30N4O2/c1-22(2)21(27)24-11-16-7-8-19(15-24)25(12-16)20(26)9-10-23-13-17-5-3-4-6-18(17)14-23/h3-6,16,19H,7-15H2,1-2H3/t16-,19+/m1/s1. The van der Waals surface area contributed by atoms with E-state index in [-0.39, 0.29) is 18.0 Å². The van der Waals surface area contributed by atoms with Crippen LogP contribution in [0.4, 0.5) is 4.79 Å². The number of rotatable bonds is 3. The van der Waals surface area contributed by atoms with E-state index < -0.39 is 0 Å². The molecular formula is C21H30N4O2. The zero-order valence-corrected chi connectivity index (χ0v) is 16.4. The molecule has 6 heteroatoms. The number of urea groups is 1. The van der Waals surface area contributed by atoms with Gasteiger partial charge in [0.2, 0.25) is 5.91 Å². The minimum absolute atomic E-state index is 0.0658. The minimum Gasteiger partial charge on any atom is -0.338 e.